The second-order valence-corrected chi connectivity index (χ2v) is 4.67. The molecule has 0 unspecified atom stereocenters. The maximum absolute atomic E-state index is 13.6. The molecule has 4 nitrogen and oxygen atoms in total. The summed E-state index contributed by atoms with van der Waals surface area (Å²) >= 11 is 5.75. The summed E-state index contributed by atoms with van der Waals surface area (Å²) in [4.78, 5) is 4.19. The van der Waals surface area contributed by atoms with E-state index in [1.807, 2.05) is 12.1 Å². The van der Waals surface area contributed by atoms with Crippen molar-refractivity contribution in [1.82, 2.24) is 9.55 Å². The maximum atomic E-state index is 13.6. The minimum Gasteiger partial charge on any atom is -0.497 e. The zero-order valence-corrected chi connectivity index (χ0v) is 11.4. The summed E-state index contributed by atoms with van der Waals surface area (Å²) in [6, 6.07) is 10.0. The van der Waals surface area contributed by atoms with Crippen molar-refractivity contribution in [2.24, 2.45) is 0 Å². The second-order valence-electron chi connectivity index (χ2n) is 4.26. The minimum atomic E-state index is -0.506. The Morgan fingerprint density at radius 3 is 2.60 bits per heavy atom. The smallest absolute Gasteiger partial charge is 0.205 e. The molecule has 0 saturated heterocycles. The molecule has 0 spiro atoms. The molecule has 0 saturated carbocycles. The van der Waals surface area contributed by atoms with Gasteiger partial charge in [0.25, 0.3) is 0 Å². The number of halogens is 2. The molecule has 0 aliphatic carbocycles. The molecule has 2 N–H and O–H groups in total. The maximum Gasteiger partial charge on any atom is 0.205 e. The summed E-state index contributed by atoms with van der Waals surface area (Å²) in [5.74, 6) is 0.492. The van der Waals surface area contributed by atoms with E-state index >= 15 is 0 Å². The van der Waals surface area contributed by atoms with Gasteiger partial charge in [0.05, 0.1) is 23.2 Å². The highest BCUT2D eigenvalue weighted by Gasteiger charge is 2.13. The molecule has 1 aromatic heterocycles. The van der Waals surface area contributed by atoms with E-state index in [1.54, 1.807) is 23.8 Å². The zero-order valence-electron chi connectivity index (χ0n) is 10.6. The number of nitrogen functional groups attached to an aromatic ring is 1. The molecule has 2 aromatic carbocycles. The Balaban J connectivity index is 2.23. The van der Waals surface area contributed by atoms with Crippen molar-refractivity contribution in [1.29, 1.82) is 0 Å². The Morgan fingerprint density at radius 2 is 1.95 bits per heavy atom. The molecule has 3 rings (SSSR count). The van der Waals surface area contributed by atoms with E-state index in [1.165, 1.54) is 12.1 Å². The first-order valence-corrected chi connectivity index (χ1v) is 6.25. The van der Waals surface area contributed by atoms with Gasteiger partial charge >= 0.3 is 0 Å². The topological polar surface area (TPSA) is 53.1 Å². The molecule has 0 bridgehead atoms. The van der Waals surface area contributed by atoms with Gasteiger partial charge in [-0.2, -0.15) is 0 Å². The number of nitrogens with two attached hydrogens (primary N) is 1. The Kier molecular flexibility index (Phi) is 2.99. The first-order valence-electron chi connectivity index (χ1n) is 5.87. The Morgan fingerprint density at radius 1 is 1.25 bits per heavy atom. The lowest BCUT2D eigenvalue weighted by Crippen LogP contribution is -2.00. The molecule has 0 aliphatic heterocycles. The van der Waals surface area contributed by atoms with Gasteiger partial charge in [-0.1, -0.05) is 11.6 Å². The number of hydrogen-bond acceptors (Lipinski definition) is 3. The van der Waals surface area contributed by atoms with Crippen LogP contribution >= 0.6 is 11.6 Å². The van der Waals surface area contributed by atoms with E-state index in [-0.39, 0.29) is 11.0 Å². The van der Waals surface area contributed by atoms with Crippen LogP contribution in [0.5, 0.6) is 5.75 Å². The third-order valence-corrected chi connectivity index (χ3v) is 3.34. The third-order valence-electron chi connectivity index (χ3n) is 3.05. The van der Waals surface area contributed by atoms with E-state index in [0.29, 0.717) is 11.0 Å². The Labute approximate surface area is 119 Å². The van der Waals surface area contributed by atoms with E-state index in [4.69, 9.17) is 22.1 Å². The van der Waals surface area contributed by atoms with Crippen LogP contribution in [0.2, 0.25) is 5.02 Å². The lowest BCUT2D eigenvalue weighted by atomic mass is 10.2. The highest BCUT2D eigenvalue weighted by atomic mass is 35.5. The van der Waals surface area contributed by atoms with E-state index in [2.05, 4.69) is 4.98 Å². The average Bonchev–Trinajstić information content (AvgIpc) is 2.75. The van der Waals surface area contributed by atoms with Crippen LogP contribution in [0.3, 0.4) is 0 Å². The largest absolute Gasteiger partial charge is 0.497 e. The van der Waals surface area contributed by atoms with Crippen molar-refractivity contribution in [3.8, 4) is 11.4 Å². The summed E-state index contributed by atoms with van der Waals surface area (Å²) in [5, 5.41) is 0.0249. The number of imidazole rings is 1. The molecule has 0 fully saturated rings. The van der Waals surface area contributed by atoms with Gasteiger partial charge in [-0.3, -0.25) is 4.57 Å². The lowest BCUT2D eigenvalue weighted by Gasteiger charge is -2.07. The van der Waals surface area contributed by atoms with Gasteiger partial charge in [0.2, 0.25) is 5.95 Å². The summed E-state index contributed by atoms with van der Waals surface area (Å²) < 4.78 is 20.4. The van der Waals surface area contributed by atoms with Crippen LogP contribution in [0.25, 0.3) is 16.7 Å². The molecule has 0 aliphatic rings. The van der Waals surface area contributed by atoms with Gasteiger partial charge in [0.15, 0.2) is 0 Å². The zero-order chi connectivity index (χ0) is 14.3. The number of rotatable bonds is 2. The first-order chi connectivity index (χ1) is 9.60. The third kappa shape index (κ3) is 1.96. The van der Waals surface area contributed by atoms with Crippen molar-refractivity contribution in [2.45, 2.75) is 0 Å². The number of ether oxygens (including phenoxy) is 1. The van der Waals surface area contributed by atoms with Crippen molar-refractivity contribution < 1.29 is 9.13 Å². The van der Waals surface area contributed by atoms with Crippen molar-refractivity contribution in [3.63, 3.8) is 0 Å². The highest BCUT2D eigenvalue weighted by molar-refractivity contribution is 6.31. The van der Waals surface area contributed by atoms with Crippen LogP contribution in [0, 0.1) is 5.82 Å². The van der Waals surface area contributed by atoms with Crippen molar-refractivity contribution in [3.05, 3.63) is 47.2 Å². The molecule has 6 heteroatoms. The summed E-state index contributed by atoms with van der Waals surface area (Å²) in [5.41, 5.74) is 7.79. The van der Waals surface area contributed by atoms with E-state index in [9.17, 15) is 4.39 Å². The minimum absolute atomic E-state index is 0.0249. The highest BCUT2D eigenvalue weighted by Crippen LogP contribution is 2.28. The van der Waals surface area contributed by atoms with Gasteiger partial charge < -0.3 is 10.5 Å². The fourth-order valence-electron chi connectivity index (χ4n) is 2.09. The van der Waals surface area contributed by atoms with Crippen LogP contribution in [0.1, 0.15) is 0 Å². The van der Waals surface area contributed by atoms with Crippen molar-refractivity contribution in [2.75, 3.05) is 12.8 Å². The predicted molar refractivity (Wildman–Crippen MR) is 77.0 cm³/mol. The first kappa shape index (κ1) is 12.7. The number of nitrogens with zero attached hydrogens (tertiary/aromatic N) is 2. The molecule has 3 aromatic rings. The van der Waals surface area contributed by atoms with E-state index < -0.39 is 5.82 Å². The molecule has 1 heterocycles. The number of benzene rings is 2. The number of methoxy groups -OCH3 is 1. The molecular weight excluding hydrogens is 281 g/mol. The van der Waals surface area contributed by atoms with Crippen LogP contribution in [0.15, 0.2) is 36.4 Å². The van der Waals surface area contributed by atoms with Crippen LogP contribution in [-0.4, -0.2) is 16.7 Å². The number of anilines is 1. The normalized spacial score (nSPS) is 10.9. The lowest BCUT2D eigenvalue weighted by molar-refractivity contribution is 0.415. The quantitative estimate of drug-likeness (QED) is 0.787. The van der Waals surface area contributed by atoms with Gasteiger partial charge in [0.1, 0.15) is 11.6 Å². The molecule has 20 heavy (non-hydrogen) atoms. The molecular formula is C14H11ClFN3O. The average molecular weight is 292 g/mol. The molecule has 0 amide bonds. The number of fused-ring (bicyclic) bond motifs is 1. The van der Waals surface area contributed by atoms with E-state index in [0.717, 1.165) is 11.4 Å². The fourth-order valence-corrected chi connectivity index (χ4v) is 2.25. The fraction of sp³-hybridized carbons (Fsp3) is 0.0714. The number of hydrogen-bond donors (Lipinski definition) is 1. The Bertz CT molecular complexity index is 783. The number of aromatic nitrogens is 2. The van der Waals surface area contributed by atoms with Gasteiger partial charge in [-0.15, -0.1) is 0 Å². The van der Waals surface area contributed by atoms with Crippen LogP contribution < -0.4 is 10.5 Å². The molecule has 102 valence electrons. The SMILES string of the molecule is COc1ccc(-n2c(N)nc3cc(Cl)c(F)cc32)cc1. The van der Waals surface area contributed by atoms with Crippen molar-refractivity contribution >= 4 is 28.6 Å². The summed E-state index contributed by atoms with van der Waals surface area (Å²) in [6.45, 7) is 0. The summed E-state index contributed by atoms with van der Waals surface area (Å²) in [7, 11) is 1.59. The molecule has 0 atom stereocenters. The monoisotopic (exact) mass is 291 g/mol. The van der Waals surface area contributed by atoms with Gasteiger partial charge in [0, 0.05) is 11.8 Å². The predicted octanol–water partition coefficient (Wildman–Crippen LogP) is 3.41. The Hall–Kier alpha value is -2.27. The second kappa shape index (κ2) is 4.68. The molecule has 0 radical (unpaired) electrons. The standard InChI is InChI=1S/C14H11ClFN3O/c1-20-9-4-2-8(3-5-9)19-13-7-11(16)10(15)6-12(13)18-14(19)17/h2-7H,1H3,(H2,17,18). The van der Waals surface area contributed by atoms with Gasteiger partial charge in [-0.05, 0) is 30.3 Å². The van der Waals surface area contributed by atoms with Crippen LogP contribution in [0.4, 0.5) is 10.3 Å². The van der Waals surface area contributed by atoms with Gasteiger partial charge in [-0.25, -0.2) is 9.37 Å². The van der Waals surface area contributed by atoms with Crippen LogP contribution in [-0.2, 0) is 0 Å². The summed E-state index contributed by atoms with van der Waals surface area (Å²) in [6.07, 6.45) is 0.